The number of likely N-dealkylation sites (N-methyl/N-ethyl adjacent to an activating group) is 2. The van der Waals surface area contributed by atoms with Crippen LogP contribution in [0.25, 0.3) is 0 Å². The highest BCUT2D eigenvalue weighted by Gasteiger charge is 2.55. The average molecular weight is 370 g/mol. The third-order valence-electron chi connectivity index (χ3n) is 5.24. The fraction of sp³-hybridized carbons (Fsp3) is 0.474. The Balaban J connectivity index is 1.77. The fourth-order valence-electron chi connectivity index (χ4n) is 3.77. The van der Waals surface area contributed by atoms with Crippen molar-refractivity contribution in [1.29, 1.82) is 0 Å². The molecule has 3 aliphatic heterocycles. The number of fused-ring (bicyclic) bond motifs is 1. The van der Waals surface area contributed by atoms with E-state index < -0.39 is 6.04 Å². The highest BCUT2D eigenvalue weighted by atomic mass is 16.5. The molecule has 0 saturated carbocycles. The summed E-state index contributed by atoms with van der Waals surface area (Å²) in [6.07, 6.45) is 0. The van der Waals surface area contributed by atoms with Crippen LogP contribution in [-0.4, -0.2) is 89.4 Å². The summed E-state index contributed by atoms with van der Waals surface area (Å²) in [5.74, 6) is 0.994. The Morgan fingerprint density at radius 3 is 2.63 bits per heavy atom. The van der Waals surface area contributed by atoms with Crippen LogP contribution in [0.4, 0.5) is 4.79 Å². The van der Waals surface area contributed by atoms with Crippen LogP contribution in [0.15, 0.2) is 29.3 Å². The van der Waals surface area contributed by atoms with E-state index in [-0.39, 0.29) is 11.9 Å². The second-order valence-electron chi connectivity index (χ2n) is 7.13. The first-order chi connectivity index (χ1) is 13.0. The Hall–Kier alpha value is -2.74. The first kappa shape index (κ1) is 17.7. The van der Waals surface area contributed by atoms with Gasteiger partial charge < -0.3 is 4.74 Å². The minimum Gasteiger partial charge on any atom is -0.375 e. The predicted molar refractivity (Wildman–Crippen MR) is 99.7 cm³/mol. The Bertz CT molecular complexity index is 855. The number of amides is 3. The van der Waals surface area contributed by atoms with Crippen LogP contribution in [0.3, 0.4) is 0 Å². The lowest BCUT2D eigenvalue weighted by atomic mass is 10.1. The first-order valence-corrected chi connectivity index (χ1v) is 9.13. The van der Waals surface area contributed by atoms with E-state index in [2.05, 4.69) is 10.6 Å². The van der Waals surface area contributed by atoms with Gasteiger partial charge in [0.1, 0.15) is 0 Å². The molecule has 142 valence electrons. The molecule has 2 saturated heterocycles. The summed E-state index contributed by atoms with van der Waals surface area (Å²) >= 11 is 0. The number of hydrogen-bond acceptors (Lipinski definition) is 3. The molecule has 2 fully saturated rings. The minimum absolute atomic E-state index is 0.243. The summed E-state index contributed by atoms with van der Waals surface area (Å²) in [6, 6.07) is 7.29. The molecule has 27 heavy (non-hydrogen) atoms. The van der Waals surface area contributed by atoms with Crippen LogP contribution in [0, 0.1) is 6.92 Å². The van der Waals surface area contributed by atoms with Gasteiger partial charge in [-0.1, -0.05) is 34.8 Å². The van der Waals surface area contributed by atoms with Gasteiger partial charge in [0.05, 0.1) is 32.8 Å². The predicted octanol–water partition coefficient (Wildman–Crippen LogP) is 0.500. The van der Waals surface area contributed by atoms with Crippen molar-refractivity contribution in [1.82, 2.24) is 14.7 Å². The highest BCUT2D eigenvalue weighted by molar-refractivity contribution is 6.25. The van der Waals surface area contributed by atoms with Crippen LogP contribution < -0.4 is 0 Å². The van der Waals surface area contributed by atoms with Gasteiger partial charge in [-0.15, -0.1) is 0 Å². The second-order valence-corrected chi connectivity index (χ2v) is 7.13. The van der Waals surface area contributed by atoms with Gasteiger partial charge in [0.25, 0.3) is 5.91 Å². The molecule has 1 aromatic rings. The van der Waals surface area contributed by atoms with Crippen molar-refractivity contribution >= 4 is 23.7 Å². The van der Waals surface area contributed by atoms with Crippen molar-refractivity contribution < 1.29 is 18.9 Å². The van der Waals surface area contributed by atoms with Crippen molar-refractivity contribution in [2.45, 2.75) is 19.5 Å². The molecule has 8 nitrogen and oxygen atoms in total. The molecule has 1 atom stereocenters. The normalized spacial score (nSPS) is 23.1. The second kappa shape index (κ2) is 6.77. The lowest BCUT2D eigenvalue weighted by molar-refractivity contribution is -0.554. The quantitative estimate of drug-likeness (QED) is 0.711. The molecule has 0 spiro atoms. The molecule has 0 N–H and O–H groups in total. The van der Waals surface area contributed by atoms with Gasteiger partial charge in [0, 0.05) is 14.1 Å². The van der Waals surface area contributed by atoms with Gasteiger partial charge in [-0.3, -0.25) is 19.2 Å². The maximum Gasteiger partial charge on any atom is 0.392 e. The number of carbonyl (C=O) groups is 2. The molecule has 1 unspecified atom stereocenters. The van der Waals surface area contributed by atoms with Crippen molar-refractivity contribution in [3.8, 4) is 0 Å². The Morgan fingerprint density at radius 1 is 1.19 bits per heavy atom. The van der Waals surface area contributed by atoms with Crippen LogP contribution in [0.1, 0.15) is 11.1 Å². The number of guanidine groups is 1. The van der Waals surface area contributed by atoms with E-state index in [9.17, 15) is 9.59 Å². The van der Waals surface area contributed by atoms with Crippen LogP contribution in [0.2, 0.25) is 0 Å². The molecule has 3 amide bonds. The van der Waals surface area contributed by atoms with Crippen molar-refractivity contribution in [2.75, 3.05) is 40.4 Å². The molecule has 0 bridgehead atoms. The number of urea groups is 1. The van der Waals surface area contributed by atoms with Gasteiger partial charge in [0.2, 0.25) is 11.9 Å². The minimum atomic E-state index is -0.587. The first-order valence-electron chi connectivity index (χ1n) is 9.13. The molecule has 3 aliphatic rings. The van der Waals surface area contributed by atoms with E-state index in [1.54, 1.807) is 7.05 Å². The number of carbonyl (C=O) groups excluding carboxylic acids is 2. The molecule has 0 aromatic heterocycles. The van der Waals surface area contributed by atoms with E-state index in [0.29, 0.717) is 38.7 Å². The van der Waals surface area contributed by atoms with Gasteiger partial charge in [-0.05, 0) is 12.5 Å². The molecular weight excluding hydrogens is 346 g/mol. The monoisotopic (exact) mass is 370 g/mol. The summed E-state index contributed by atoms with van der Waals surface area (Å²) in [5, 5.41) is 0. The maximum atomic E-state index is 13.0. The number of morpholine rings is 1. The van der Waals surface area contributed by atoms with Crippen LogP contribution in [-0.2, 0) is 16.1 Å². The largest absolute Gasteiger partial charge is 0.392 e. The SMILES string of the molecule is Cc1cccc(CN2C(=[N+]3CCOCC3)N=C3C2C(=O)N(C)C(=O)N3C)c1. The molecule has 0 aliphatic carbocycles. The zero-order chi connectivity index (χ0) is 19.1. The van der Waals surface area contributed by atoms with Gasteiger partial charge in [-0.25, -0.2) is 9.69 Å². The number of imide groups is 1. The Kier molecular flexibility index (Phi) is 4.43. The van der Waals surface area contributed by atoms with Crippen molar-refractivity contribution in [2.24, 2.45) is 4.99 Å². The Morgan fingerprint density at radius 2 is 1.93 bits per heavy atom. The number of amidine groups is 1. The number of aliphatic imine (C=N–C) groups is 1. The lowest BCUT2D eigenvalue weighted by Crippen LogP contribution is -2.62. The molecule has 0 radical (unpaired) electrons. The molecule has 1 aromatic carbocycles. The average Bonchev–Trinajstić information content (AvgIpc) is 3.05. The molecule has 4 rings (SSSR count). The number of aryl methyl sites for hydroxylation is 1. The topological polar surface area (TPSA) is 68.5 Å². The zero-order valence-corrected chi connectivity index (χ0v) is 15.9. The summed E-state index contributed by atoms with van der Waals surface area (Å²) in [4.78, 5) is 34.7. The fourth-order valence-corrected chi connectivity index (χ4v) is 3.77. The molecule has 3 heterocycles. The summed E-state index contributed by atoms with van der Waals surface area (Å²) in [5.41, 5.74) is 2.27. The molecule has 8 heteroatoms. The van der Waals surface area contributed by atoms with E-state index in [0.717, 1.165) is 11.5 Å². The number of ether oxygens (including phenoxy) is 1. The van der Waals surface area contributed by atoms with Gasteiger partial charge in [-0.2, -0.15) is 0 Å². The van der Waals surface area contributed by atoms with E-state index in [1.165, 1.54) is 22.4 Å². The smallest absolute Gasteiger partial charge is 0.375 e. The van der Waals surface area contributed by atoms with Crippen molar-refractivity contribution in [3.63, 3.8) is 0 Å². The van der Waals surface area contributed by atoms with E-state index in [4.69, 9.17) is 9.73 Å². The summed E-state index contributed by atoms with van der Waals surface area (Å²) < 4.78 is 7.60. The number of benzene rings is 1. The number of rotatable bonds is 2. The summed E-state index contributed by atoms with van der Waals surface area (Å²) in [6.45, 7) is 5.27. The van der Waals surface area contributed by atoms with Crippen LogP contribution in [0.5, 0.6) is 0 Å². The van der Waals surface area contributed by atoms with E-state index in [1.807, 2.05) is 30.0 Å². The van der Waals surface area contributed by atoms with Crippen molar-refractivity contribution in [3.05, 3.63) is 35.4 Å². The van der Waals surface area contributed by atoms with Gasteiger partial charge >= 0.3 is 12.0 Å². The number of hydrogen-bond donors (Lipinski definition) is 0. The standard InChI is InChI=1S/C19H24N5O3/c1-13-5-4-6-14(11-13)12-24-15-16(21(2)19(26)22(3)17(15)25)20-18(24)23-7-9-27-10-8-23/h4-6,11,15H,7-10,12H2,1-3H3/q+1. The van der Waals surface area contributed by atoms with E-state index >= 15 is 0 Å². The van der Waals surface area contributed by atoms with Crippen LogP contribution >= 0.6 is 0 Å². The molecular formula is C19H24N5O3+. The lowest BCUT2D eigenvalue weighted by Gasteiger charge is -2.33. The highest BCUT2D eigenvalue weighted by Crippen LogP contribution is 2.25. The zero-order valence-electron chi connectivity index (χ0n) is 15.9. The Labute approximate surface area is 158 Å². The third kappa shape index (κ3) is 2.99. The third-order valence-corrected chi connectivity index (χ3v) is 5.24. The van der Waals surface area contributed by atoms with Gasteiger partial charge in [0.15, 0.2) is 0 Å². The number of nitrogens with zero attached hydrogens (tertiary/aromatic N) is 5. The maximum absolute atomic E-state index is 13.0. The summed E-state index contributed by atoms with van der Waals surface area (Å²) in [7, 11) is 3.19.